The smallest absolute Gasteiger partial charge is 0.331 e. The van der Waals surface area contributed by atoms with Crippen molar-refractivity contribution in [2.45, 2.75) is 19.6 Å². The van der Waals surface area contributed by atoms with Crippen LogP contribution < -0.4 is 20.7 Å². The number of rotatable bonds is 4. The van der Waals surface area contributed by atoms with Crippen molar-refractivity contribution in [1.82, 2.24) is 13.7 Å². The van der Waals surface area contributed by atoms with Gasteiger partial charge in [0.15, 0.2) is 11.5 Å². The summed E-state index contributed by atoms with van der Waals surface area (Å²) in [6, 6.07) is 13.7. The molecule has 1 aliphatic heterocycles. The van der Waals surface area contributed by atoms with Crippen LogP contribution in [0.2, 0.25) is 0 Å². The fourth-order valence-electron chi connectivity index (χ4n) is 4.94. The maximum absolute atomic E-state index is 13.5. The minimum atomic E-state index is -0.493. The molecule has 0 saturated heterocycles. The first kappa shape index (κ1) is 22.0. The lowest BCUT2D eigenvalue weighted by molar-refractivity contribution is 0.0477. The average molecular weight is 462 g/mol. The molecule has 1 aliphatic rings. The molecule has 3 heterocycles. The van der Waals surface area contributed by atoms with Gasteiger partial charge in [0.2, 0.25) is 0 Å². The second-order valence-corrected chi connectivity index (χ2v) is 8.55. The van der Waals surface area contributed by atoms with E-state index in [1.54, 1.807) is 25.8 Å². The Labute approximate surface area is 196 Å². The Hall–Kier alpha value is -3.78. The summed E-state index contributed by atoms with van der Waals surface area (Å²) in [5.74, 6) is 1.20. The zero-order chi connectivity index (χ0) is 24.1. The highest BCUT2D eigenvalue weighted by molar-refractivity contribution is 5.96. The zero-order valence-corrected chi connectivity index (χ0v) is 19.9. The van der Waals surface area contributed by atoms with Crippen LogP contribution in [0.25, 0.3) is 22.2 Å². The largest absolute Gasteiger partial charge is 0.493 e. The van der Waals surface area contributed by atoms with Crippen LogP contribution in [0.5, 0.6) is 11.5 Å². The molecule has 1 unspecified atom stereocenters. The predicted octanol–water partition coefficient (Wildman–Crippen LogP) is 3.15. The summed E-state index contributed by atoms with van der Waals surface area (Å²) >= 11 is 0. The standard InChI is InChI=1S/C26H27N3O5/c1-15-7-6-8-16(13-15)21-20-22(27(2)26(31)28(3)25(20)30)23-24(34-12-11-29(21)23)17-9-10-18(32-4)19(14-17)33-5/h6-10,13-14,24H,11-12H2,1-5H3. The second-order valence-electron chi connectivity index (χ2n) is 8.55. The molecule has 8 nitrogen and oxygen atoms in total. The maximum atomic E-state index is 13.5. The zero-order valence-electron chi connectivity index (χ0n) is 19.9. The van der Waals surface area contributed by atoms with Crippen LogP contribution >= 0.6 is 0 Å². The summed E-state index contributed by atoms with van der Waals surface area (Å²) in [4.78, 5) is 26.4. The van der Waals surface area contributed by atoms with Gasteiger partial charge in [0, 0.05) is 20.6 Å². The first-order valence-corrected chi connectivity index (χ1v) is 11.1. The van der Waals surface area contributed by atoms with Crippen molar-refractivity contribution < 1.29 is 14.2 Å². The van der Waals surface area contributed by atoms with Gasteiger partial charge in [-0.1, -0.05) is 29.8 Å². The molecule has 34 heavy (non-hydrogen) atoms. The van der Waals surface area contributed by atoms with Gasteiger partial charge in [0.1, 0.15) is 6.10 Å². The molecule has 5 rings (SSSR count). The van der Waals surface area contributed by atoms with E-state index in [9.17, 15) is 9.59 Å². The van der Waals surface area contributed by atoms with Gasteiger partial charge in [-0.25, -0.2) is 4.79 Å². The minimum Gasteiger partial charge on any atom is -0.493 e. The Morgan fingerprint density at radius 1 is 0.971 bits per heavy atom. The lowest BCUT2D eigenvalue weighted by Gasteiger charge is -2.28. The average Bonchev–Trinajstić information content (AvgIpc) is 3.21. The summed E-state index contributed by atoms with van der Waals surface area (Å²) in [7, 11) is 6.39. The van der Waals surface area contributed by atoms with Crippen LogP contribution in [0.3, 0.4) is 0 Å². The van der Waals surface area contributed by atoms with Gasteiger partial charge in [-0.2, -0.15) is 0 Å². The molecule has 176 valence electrons. The lowest BCUT2D eigenvalue weighted by atomic mass is 10.0. The summed E-state index contributed by atoms with van der Waals surface area (Å²) in [5, 5.41) is 0.515. The van der Waals surface area contributed by atoms with E-state index < -0.39 is 6.10 Å². The molecule has 0 radical (unpaired) electrons. The Kier molecular flexibility index (Phi) is 5.32. The molecule has 1 atom stereocenters. The van der Waals surface area contributed by atoms with Crippen molar-refractivity contribution in [2.75, 3.05) is 20.8 Å². The third-order valence-electron chi connectivity index (χ3n) is 6.55. The van der Waals surface area contributed by atoms with E-state index in [1.165, 1.54) is 11.6 Å². The summed E-state index contributed by atoms with van der Waals surface area (Å²) in [5.41, 5.74) is 4.35. The molecule has 8 heteroatoms. The van der Waals surface area contributed by atoms with Crippen molar-refractivity contribution in [3.63, 3.8) is 0 Å². The highest BCUT2D eigenvalue weighted by Gasteiger charge is 2.33. The summed E-state index contributed by atoms with van der Waals surface area (Å²) in [6.45, 7) is 3.05. The maximum Gasteiger partial charge on any atom is 0.331 e. The summed E-state index contributed by atoms with van der Waals surface area (Å²) in [6.07, 6.45) is -0.493. The van der Waals surface area contributed by atoms with Crippen molar-refractivity contribution in [3.8, 4) is 22.8 Å². The first-order chi connectivity index (χ1) is 16.4. The van der Waals surface area contributed by atoms with Crippen LogP contribution in [0, 0.1) is 6.92 Å². The van der Waals surface area contributed by atoms with Crippen LogP contribution in [0.4, 0.5) is 0 Å². The lowest BCUT2D eigenvalue weighted by Crippen LogP contribution is -2.37. The number of ether oxygens (including phenoxy) is 3. The molecule has 0 N–H and O–H groups in total. The monoisotopic (exact) mass is 461 g/mol. The van der Waals surface area contributed by atoms with Crippen LogP contribution in [0.15, 0.2) is 52.1 Å². The van der Waals surface area contributed by atoms with Crippen molar-refractivity contribution in [1.29, 1.82) is 0 Å². The van der Waals surface area contributed by atoms with Crippen molar-refractivity contribution >= 4 is 10.9 Å². The van der Waals surface area contributed by atoms with E-state index in [2.05, 4.69) is 10.6 Å². The molecular weight excluding hydrogens is 434 g/mol. The fourth-order valence-corrected chi connectivity index (χ4v) is 4.94. The molecule has 0 fully saturated rings. The SMILES string of the molecule is COc1ccc(C2OCCn3c(-c4cccc(C)c4)c4c(=O)n(C)c(=O)n(C)c4c32)cc1OC. The van der Waals surface area contributed by atoms with Crippen LogP contribution in [-0.4, -0.2) is 34.5 Å². The predicted molar refractivity (Wildman–Crippen MR) is 130 cm³/mol. The number of fused-ring (bicyclic) bond motifs is 3. The van der Waals surface area contributed by atoms with E-state index >= 15 is 0 Å². The van der Waals surface area contributed by atoms with E-state index in [1.807, 2.05) is 43.3 Å². The second kappa shape index (κ2) is 8.22. The van der Waals surface area contributed by atoms with Gasteiger partial charge >= 0.3 is 5.69 Å². The van der Waals surface area contributed by atoms with Gasteiger partial charge in [0.05, 0.1) is 43.1 Å². The minimum absolute atomic E-state index is 0.317. The molecular formula is C26H27N3O5. The summed E-state index contributed by atoms with van der Waals surface area (Å²) < 4.78 is 22.0. The molecule has 0 bridgehead atoms. The molecule has 0 saturated carbocycles. The Morgan fingerprint density at radius 2 is 1.74 bits per heavy atom. The molecule has 2 aromatic heterocycles. The van der Waals surface area contributed by atoms with Gasteiger partial charge in [-0.15, -0.1) is 0 Å². The van der Waals surface area contributed by atoms with Crippen molar-refractivity contribution in [3.05, 3.63) is 80.1 Å². The number of methoxy groups -OCH3 is 2. The third-order valence-corrected chi connectivity index (χ3v) is 6.55. The Balaban J connectivity index is 1.89. The highest BCUT2D eigenvalue weighted by atomic mass is 16.5. The van der Waals surface area contributed by atoms with Crippen LogP contribution in [-0.2, 0) is 25.4 Å². The number of aromatic nitrogens is 3. The number of hydrogen-bond acceptors (Lipinski definition) is 5. The number of aryl methyl sites for hydroxylation is 2. The van der Waals surface area contributed by atoms with Gasteiger partial charge in [-0.3, -0.25) is 13.9 Å². The molecule has 2 aromatic carbocycles. The van der Waals surface area contributed by atoms with Gasteiger partial charge < -0.3 is 18.8 Å². The van der Waals surface area contributed by atoms with E-state index in [0.717, 1.165) is 28.1 Å². The molecule has 0 spiro atoms. The normalized spacial score (nSPS) is 15.4. The van der Waals surface area contributed by atoms with Crippen LogP contribution in [0.1, 0.15) is 22.9 Å². The third kappa shape index (κ3) is 3.17. The molecule has 0 amide bonds. The number of hydrogen-bond donors (Lipinski definition) is 0. The van der Waals surface area contributed by atoms with E-state index in [4.69, 9.17) is 14.2 Å². The van der Waals surface area contributed by atoms with Gasteiger partial charge in [-0.05, 0) is 36.2 Å². The quantitative estimate of drug-likeness (QED) is 0.467. The topological polar surface area (TPSA) is 76.6 Å². The number of nitrogens with zero attached hydrogens (tertiary/aromatic N) is 3. The molecule has 0 aliphatic carbocycles. The highest BCUT2D eigenvalue weighted by Crippen LogP contribution is 2.42. The first-order valence-electron chi connectivity index (χ1n) is 11.1. The van der Waals surface area contributed by atoms with Gasteiger partial charge in [0.25, 0.3) is 5.56 Å². The fraction of sp³-hybridized carbons (Fsp3) is 0.308. The Bertz CT molecular complexity index is 1540. The molecule has 4 aromatic rings. The van der Waals surface area contributed by atoms with Crippen molar-refractivity contribution in [2.24, 2.45) is 14.1 Å². The van der Waals surface area contributed by atoms with E-state index in [0.29, 0.717) is 35.6 Å². The Morgan fingerprint density at radius 3 is 2.44 bits per heavy atom. The van der Waals surface area contributed by atoms with E-state index in [-0.39, 0.29) is 11.2 Å². The number of benzene rings is 2.